The molecule has 25 heavy (non-hydrogen) atoms. The number of esters is 1. The second kappa shape index (κ2) is 7.35. The Morgan fingerprint density at radius 3 is 2.32 bits per heavy atom. The van der Waals surface area contributed by atoms with Crippen LogP contribution in [0.15, 0.2) is 65.6 Å². The lowest BCUT2D eigenvalue weighted by molar-refractivity contribution is -0.167. The highest BCUT2D eigenvalue weighted by Crippen LogP contribution is 2.37. The largest absolute Gasteiger partial charge is 0.468 e. The van der Waals surface area contributed by atoms with Gasteiger partial charge in [-0.15, -0.1) is 0 Å². The molecule has 0 spiro atoms. The molecule has 0 unspecified atom stereocenters. The molecule has 0 amide bonds. The third-order valence-electron chi connectivity index (χ3n) is 4.19. The van der Waals surface area contributed by atoms with E-state index in [0.717, 1.165) is 5.56 Å². The monoisotopic (exact) mass is 361 g/mol. The van der Waals surface area contributed by atoms with Gasteiger partial charge in [-0.3, -0.25) is 9.63 Å². The van der Waals surface area contributed by atoms with Crippen molar-refractivity contribution in [2.75, 3.05) is 20.3 Å². The molecule has 1 fully saturated rings. The molecule has 2 aromatic rings. The number of hydrogen-bond acceptors (Lipinski definition) is 6. The maximum absolute atomic E-state index is 13.1. The number of sulfone groups is 1. The molecule has 0 bridgehead atoms. The van der Waals surface area contributed by atoms with Crippen LogP contribution in [0.25, 0.3) is 0 Å². The smallest absolute Gasteiger partial charge is 0.322 e. The van der Waals surface area contributed by atoms with E-state index in [0.29, 0.717) is 0 Å². The molecule has 0 aliphatic carbocycles. The van der Waals surface area contributed by atoms with E-state index < -0.39 is 27.1 Å². The summed E-state index contributed by atoms with van der Waals surface area (Å²) in [4.78, 5) is 17.5. The van der Waals surface area contributed by atoms with Gasteiger partial charge in [0.25, 0.3) is 0 Å². The lowest BCUT2D eigenvalue weighted by Gasteiger charge is -2.25. The summed E-state index contributed by atoms with van der Waals surface area (Å²) in [5, 5.41) is 0.578. The summed E-state index contributed by atoms with van der Waals surface area (Å²) in [5.41, 5.74) is 0.772. The molecule has 2 aromatic carbocycles. The van der Waals surface area contributed by atoms with Crippen LogP contribution in [0.1, 0.15) is 11.6 Å². The summed E-state index contributed by atoms with van der Waals surface area (Å²) >= 11 is 0. The molecule has 3 rings (SSSR count). The van der Waals surface area contributed by atoms with Crippen molar-refractivity contribution in [1.82, 2.24) is 5.06 Å². The van der Waals surface area contributed by atoms with Crippen molar-refractivity contribution in [2.45, 2.75) is 16.2 Å². The van der Waals surface area contributed by atoms with Crippen LogP contribution in [0.2, 0.25) is 0 Å². The average Bonchev–Trinajstić information content (AvgIpc) is 3.07. The minimum absolute atomic E-state index is 0.0201. The van der Waals surface area contributed by atoms with Gasteiger partial charge in [0, 0.05) is 0 Å². The van der Waals surface area contributed by atoms with Gasteiger partial charge in [0.1, 0.15) is 11.8 Å². The fraction of sp³-hybridized carbons (Fsp3) is 0.278. The van der Waals surface area contributed by atoms with Crippen molar-refractivity contribution in [3.8, 4) is 0 Å². The van der Waals surface area contributed by atoms with Crippen molar-refractivity contribution in [2.24, 2.45) is 0 Å². The zero-order valence-corrected chi connectivity index (χ0v) is 14.6. The van der Waals surface area contributed by atoms with Crippen LogP contribution in [0.4, 0.5) is 0 Å². The molecular formula is C18H19NO5S. The third kappa shape index (κ3) is 3.58. The fourth-order valence-corrected chi connectivity index (χ4v) is 4.70. The van der Waals surface area contributed by atoms with Gasteiger partial charge in [0.05, 0.1) is 24.7 Å². The first-order chi connectivity index (χ1) is 12.0. The number of ether oxygens (including phenoxy) is 1. The van der Waals surface area contributed by atoms with Crippen molar-refractivity contribution in [3.63, 3.8) is 0 Å². The molecule has 0 radical (unpaired) electrons. The number of nitrogens with zero attached hydrogens (tertiary/aromatic N) is 1. The maximum atomic E-state index is 13.1. The Bertz CT molecular complexity index is 823. The number of hydrogen-bond donors (Lipinski definition) is 0. The Kier molecular flexibility index (Phi) is 5.17. The first-order valence-electron chi connectivity index (χ1n) is 7.84. The molecule has 1 saturated heterocycles. The van der Waals surface area contributed by atoms with Gasteiger partial charge in [0.15, 0.2) is 9.84 Å². The molecule has 7 heteroatoms. The van der Waals surface area contributed by atoms with E-state index in [2.05, 4.69) is 0 Å². The van der Waals surface area contributed by atoms with Crippen LogP contribution in [-0.4, -0.2) is 45.0 Å². The Hall–Kier alpha value is -2.22. The number of carbonyl (C=O) groups excluding carboxylic acids is 1. The highest BCUT2D eigenvalue weighted by molar-refractivity contribution is 7.92. The average molecular weight is 361 g/mol. The van der Waals surface area contributed by atoms with E-state index in [1.165, 1.54) is 12.2 Å². The lowest BCUT2D eigenvalue weighted by Crippen LogP contribution is -2.35. The van der Waals surface area contributed by atoms with Gasteiger partial charge in [-0.1, -0.05) is 48.5 Å². The van der Waals surface area contributed by atoms with Crippen molar-refractivity contribution >= 4 is 15.8 Å². The van der Waals surface area contributed by atoms with Crippen LogP contribution >= 0.6 is 0 Å². The SMILES string of the molecule is COC(=O)CN1OC[C@H](S(=O)(=O)c2ccccc2)[C@H]1c1ccccc1. The van der Waals surface area contributed by atoms with Gasteiger partial charge in [-0.25, -0.2) is 8.42 Å². The Balaban J connectivity index is 1.99. The van der Waals surface area contributed by atoms with E-state index in [1.807, 2.05) is 30.3 Å². The molecule has 0 saturated carbocycles. The van der Waals surface area contributed by atoms with Crippen LogP contribution in [0.5, 0.6) is 0 Å². The predicted molar refractivity (Wildman–Crippen MR) is 91.3 cm³/mol. The maximum Gasteiger partial charge on any atom is 0.322 e. The molecule has 2 atom stereocenters. The number of hydroxylamine groups is 2. The fourth-order valence-electron chi connectivity index (χ4n) is 2.94. The van der Waals surface area contributed by atoms with E-state index in [1.54, 1.807) is 30.3 Å². The topological polar surface area (TPSA) is 72.9 Å². The molecular weight excluding hydrogens is 342 g/mol. The number of rotatable bonds is 5. The normalized spacial score (nSPS) is 21.2. The van der Waals surface area contributed by atoms with E-state index >= 15 is 0 Å². The van der Waals surface area contributed by atoms with Crippen LogP contribution < -0.4 is 0 Å². The van der Waals surface area contributed by atoms with Crippen molar-refractivity contribution < 1.29 is 22.8 Å². The standard InChI is InChI=1S/C18H19NO5S/c1-23-17(20)12-19-18(14-8-4-2-5-9-14)16(13-24-19)25(21,22)15-10-6-3-7-11-15/h2-11,16,18H,12-13H2,1H3/t16-,18+/m0/s1. The molecule has 1 aliphatic heterocycles. The third-order valence-corrected chi connectivity index (χ3v) is 6.31. The molecule has 0 N–H and O–H groups in total. The van der Waals surface area contributed by atoms with Gasteiger partial charge in [-0.05, 0) is 17.7 Å². The minimum atomic E-state index is -3.63. The van der Waals surface area contributed by atoms with Crippen LogP contribution in [0, 0.1) is 0 Å². The molecule has 1 aliphatic rings. The summed E-state index contributed by atoms with van der Waals surface area (Å²) in [6.45, 7) is -0.162. The second-order valence-electron chi connectivity index (χ2n) is 5.70. The van der Waals surface area contributed by atoms with Crippen molar-refractivity contribution in [3.05, 3.63) is 66.2 Å². The summed E-state index contributed by atoms with van der Waals surface area (Å²) in [6, 6.07) is 16.9. The molecule has 1 heterocycles. The summed E-state index contributed by atoms with van der Waals surface area (Å²) in [5.74, 6) is -0.487. The van der Waals surface area contributed by atoms with E-state index in [4.69, 9.17) is 9.57 Å². The molecule has 6 nitrogen and oxygen atoms in total. The lowest BCUT2D eigenvalue weighted by atomic mass is 10.0. The summed E-state index contributed by atoms with van der Waals surface area (Å²) in [6.07, 6.45) is 0. The van der Waals surface area contributed by atoms with Gasteiger partial charge in [0.2, 0.25) is 0 Å². The first-order valence-corrected chi connectivity index (χ1v) is 9.39. The van der Waals surface area contributed by atoms with Crippen molar-refractivity contribution in [1.29, 1.82) is 0 Å². The van der Waals surface area contributed by atoms with E-state index in [9.17, 15) is 13.2 Å². The zero-order valence-electron chi connectivity index (χ0n) is 13.7. The number of carbonyl (C=O) groups is 1. The van der Waals surface area contributed by atoms with Gasteiger partial charge >= 0.3 is 5.97 Å². The highest BCUT2D eigenvalue weighted by Gasteiger charge is 2.45. The highest BCUT2D eigenvalue weighted by atomic mass is 32.2. The minimum Gasteiger partial charge on any atom is -0.468 e. The quantitative estimate of drug-likeness (QED) is 0.759. The van der Waals surface area contributed by atoms with E-state index in [-0.39, 0.29) is 18.0 Å². The zero-order chi connectivity index (χ0) is 17.9. The second-order valence-corrected chi connectivity index (χ2v) is 7.87. The van der Waals surface area contributed by atoms with Gasteiger partial charge in [-0.2, -0.15) is 5.06 Å². The van der Waals surface area contributed by atoms with Gasteiger partial charge < -0.3 is 4.74 Å². The van der Waals surface area contributed by atoms with Crippen LogP contribution in [0.3, 0.4) is 0 Å². The Morgan fingerprint density at radius 1 is 1.12 bits per heavy atom. The first kappa shape index (κ1) is 17.6. The number of benzene rings is 2. The Morgan fingerprint density at radius 2 is 1.72 bits per heavy atom. The Labute approximate surface area is 146 Å². The molecule has 132 valence electrons. The number of methoxy groups -OCH3 is 1. The molecule has 0 aromatic heterocycles. The van der Waals surface area contributed by atoms with Crippen LogP contribution in [-0.2, 0) is 24.2 Å². The summed E-state index contributed by atoms with van der Waals surface area (Å²) in [7, 11) is -2.34. The predicted octanol–water partition coefficient (Wildman–Crippen LogP) is 1.99. The summed E-state index contributed by atoms with van der Waals surface area (Å²) < 4.78 is 30.9.